The molecule has 23 heavy (non-hydrogen) atoms. The molecule has 1 aromatic rings. The van der Waals surface area contributed by atoms with Gasteiger partial charge >= 0.3 is 0 Å². The van der Waals surface area contributed by atoms with Crippen LogP contribution in [0.2, 0.25) is 0 Å². The fourth-order valence-corrected chi connectivity index (χ4v) is 3.87. The first-order valence-corrected chi connectivity index (χ1v) is 9.46. The van der Waals surface area contributed by atoms with Crippen LogP contribution in [0, 0.1) is 0 Å². The minimum atomic E-state index is 0.146. The zero-order valence-corrected chi connectivity index (χ0v) is 15.6. The lowest BCUT2D eigenvalue weighted by atomic mass is 9.78. The summed E-state index contributed by atoms with van der Waals surface area (Å²) in [7, 11) is 2.18. The number of likely N-dealkylation sites (tertiary alicyclic amines) is 1. The topological polar surface area (TPSA) is 23.5 Å². The van der Waals surface area contributed by atoms with Crippen molar-refractivity contribution in [1.82, 2.24) is 4.90 Å². The molecule has 1 N–H and O–H groups in total. The van der Waals surface area contributed by atoms with E-state index >= 15 is 0 Å². The van der Waals surface area contributed by atoms with Gasteiger partial charge in [-0.2, -0.15) is 0 Å². The van der Waals surface area contributed by atoms with Crippen LogP contribution < -0.4 is 0 Å². The Morgan fingerprint density at radius 3 is 2.65 bits per heavy atom. The van der Waals surface area contributed by atoms with Gasteiger partial charge in [0, 0.05) is 12.5 Å². The van der Waals surface area contributed by atoms with Gasteiger partial charge in [-0.05, 0) is 55.5 Å². The predicted molar refractivity (Wildman–Crippen MR) is 99.4 cm³/mol. The maximum atomic E-state index is 10.6. The van der Waals surface area contributed by atoms with Gasteiger partial charge in [-0.25, -0.2) is 0 Å². The van der Waals surface area contributed by atoms with Gasteiger partial charge in [-0.15, -0.1) is 0 Å². The molecule has 130 valence electrons. The Morgan fingerprint density at radius 1 is 1.22 bits per heavy atom. The normalized spacial score (nSPS) is 19.9. The Kier molecular flexibility index (Phi) is 6.52. The molecule has 0 bridgehead atoms. The minimum absolute atomic E-state index is 0.146. The molecule has 1 heterocycles. The molecular formula is C21H35NO. The molecule has 0 spiro atoms. The van der Waals surface area contributed by atoms with Crippen molar-refractivity contribution in [2.75, 3.05) is 20.1 Å². The molecule has 0 aliphatic carbocycles. The highest BCUT2D eigenvalue weighted by atomic mass is 16.3. The standard InChI is InChI=1S/C21H35NO/c1-5-6-7-8-13-21(2,3)18-11-12-19(20(23)15-18)17-10-9-14-22(4)16-17/h11-12,15,17,23H,5-10,13-14,16H2,1-4H3. The number of phenols is 1. The van der Waals surface area contributed by atoms with E-state index < -0.39 is 0 Å². The van der Waals surface area contributed by atoms with Gasteiger partial charge in [-0.1, -0.05) is 58.6 Å². The van der Waals surface area contributed by atoms with E-state index in [4.69, 9.17) is 0 Å². The van der Waals surface area contributed by atoms with Crippen molar-refractivity contribution in [2.24, 2.45) is 0 Å². The van der Waals surface area contributed by atoms with Crippen LogP contribution >= 0.6 is 0 Å². The van der Waals surface area contributed by atoms with E-state index in [-0.39, 0.29) is 5.41 Å². The highest BCUT2D eigenvalue weighted by Crippen LogP contribution is 2.37. The van der Waals surface area contributed by atoms with Gasteiger partial charge in [-0.3, -0.25) is 0 Å². The summed E-state index contributed by atoms with van der Waals surface area (Å²) in [6.45, 7) is 9.11. The quantitative estimate of drug-likeness (QED) is 0.676. The van der Waals surface area contributed by atoms with Crippen molar-refractivity contribution in [1.29, 1.82) is 0 Å². The molecule has 1 aliphatic heterocycles. The van der Waals surface area contributed by atoms with Crippen molar-refractivity contribution in [3.05, 3.63) is 29.3 Å². The molecule has 0 radical (unpaired) electrons. The van der Waals surface area contributed by atoms with Crippen molar-refractivity contribution < 1.29 is 5.11 Å². The first kappa shape index (κ1) is 18.3. The SMILES string of the molecule is CCCCCCC(C)(C)c1ccc(C2CCCN(C)C2)c(O)c1. The lowest BCUT2D eigenvalue weighted by molar-refractivity contribution is 0.248. The molecule has 1 atom stereocenters. The summed E-state index contributed by atoms with van der Waals surface area (Å²) >= 11 is 0. The lowest BCUT2D eigenvalue weighted by Crippen LogP contribution is -2.30. The second kappa shape index (κ2) is 8.19. The van der Waals surface area contributed by atoms with E-state index in [9.17, 15) is 5.11 Å². The van der Waals surface area contributed by atoms with Crippen LogP contribution in [0.25, 0.3) is 0 Å². The van der Waals surface area contributed by atoms with E-state index in [1.165, 1.54) is 57.1 Å². The van der Waals surface area contributed by atoms with E-state index in [0.717, 1.165) is 12.1 Å². The second-order valence-corrected chi connectivity index (χ2v) is 8.07. The Balaban J connectivity index is 2.05. The first-order valence-electron chi connectivity index (χ1n) is 9.46. The second-order valence-electron chi connectivity index (χ2n) is 8.07. The number of unbranched alkanes of at least 4 members (excludes halogenated alkanes) is 3. The molecular weight excluding hydrogens is 282 g/mol. The molecule has 1 fully saturated rings. The van der Waals surface area contributed by atoms with Gasteiger partial charge in [0.25, 0.3) is 0 Å². The Labute approximate surface area is 142 Å². The molecule has 2 rings (SSSR count). The van der Waals surface area contributed by atoms with Crippen LogP contribution in [0.4, 0.5) is 0 Å². The van der Waals surface area contributed by atoms with Crippen LogP contribution in [-0.2, 0) is 5.41 Å². The maximum Gasteiger partial charge on any atom is 0.119 e. The largest absolute Gasteiger partial charge is 0.508 e. The highest BCUT2D eigenvalue weighted by molar-refractivity contribution is 5.41. The van der Waals surface area contributed by atoms with E-state index in [1.54, 1.807) is 0 Å². The first-order chi connectivity index (χ1) is 10.9. The van der Waals surface area contributed by atoms with Crippen molar-refractivity contribution in [3.8, 4) is 5.75 Å². The van der Waals surface area contributed by atoms with Gasteiger partial charge in [0.2, 0.25) is 0 Å². The number of piperidine rings is 1. The van der Waals surface area contributed by atoms with Crippen molar-refractivity contribution in [3.63, 3.8) is 0 Å². The number of rotatable bonds is 7. The highest BCUT2D eigenvalue weighted by Gasteiger charge is 2.25. The monoisotopic (exact) mass is 317 g/mol. The summed E-state index contributed by atoms with van der Waals surface area (Å²) in [5.74, 6) is 0.986. The van der Waals surface area contributed by atoms with E-state index in [1.807, 2.05) is 6.07 Å². The minimum Gasteiger partial charge on any atom is -0.508 e. The van der Waals surface area contributed by atoms with Crippen LogP contribution in [0.3, 0.4) is 0 Å². The number of hydrogen-bond donors (Lipinski definition) is 1. The average molecular weight is 318 g/mol. The molecule has 1 aromatic carbocycles. The average Bonchev–Trinajstić information content (AvgIpc) is 2.51. The summed E-state index contributed by atoms with van der Waals surface area (Å²) in [5, 5.41) is 10.6. The molecule has 1 aliphatic rings. The number of aromatic hydroxyl groups is 1. The van der Waals surface area contributed by atoms with Crippen LogP contribution in [0.1, 0.15) is 82.8 Å². The lowest BCUT2D eigenvalue weighted by Gasteiger charge is -2.31. The number of hydrogen-bond acceptors (Lipinski definition) is 2. The molecule has 1 unspecified atom stereocenters. The smallest absolute Gasteiger partial charge is 0.119 e. The zero-order valence-electron chi connectivity index (χ0n) is 15.6. The molecule has 2 nitrogen and oxygen atoms in total. The summed E-state index contributed by atoms with van der Waals surface area (Å²) < 4.78 is 0. The van der Waals surface area contributed by atoms with Crippen LogP contribution in [-0.4, -0.2) is 30.1 Å². The third-order valence-corrected chi connectivity index (χ3v) is 5.53. The van der Waals surface area contributed by atoms with Crippen molar-refractivity contribution in [2.45, 2.75) is 77.0 Å². The van der Waals surface area contributed by atoms with E-state index in [0.29, 0.717) is 11.7 Å². The molecule has 0 amide bonds. The van der Waals surface area contributed by atoms with Crippen LogP contribution in [0.5, 0.6) is 5.75 Å². The van der Waals surface area contributed by atoms with Gasteiger partial charge in [0.1, 0.15) is 5.75 Å². The Hall–Kier alpha value is -1.02. The molecule has 2 heteroatoms. The summed E-state index contributed by atoms with van der Waals surface area (Å²) in [4.78, 5) is 2.37. The predicted octanol–water partition coefficient (Wildman–Crippen LogP) is 5.45. The fraction of sp³-hybridized carbons (Fsp3) is 0.714. The Morgan fingerprint density at radius 2 is 2.00 bits per heavy atom. The van der Waals surface area contributed by atoms with Gasteiger partial charge in [0.05, 0.1) is 0 Å². The Bertz CT molecular complexity index is 495. The number of benzene rings is 1. The van der Waals surface area contributed by atoms with Gasteiger partial charge in [0.15, 0.2) is 0 Å². The van der Waals surface area contributed by atoms with Gasteiger partial charge < -0.3 is 10.0 Å². The fourth-order valence-electron chi connectivity index (χ4n) is 3.87. The summed E-state index contributed by atoms with van der Waals surface area (Å²) in [5.41, 5.74) is 2.56. The third kappa shape index (κ3) is 4.97. The van der Waals surface area contributed by atoms with E-state index in [2.05, 4.69) is 44.9 Å². The number of phenolic OH excluding ortho intramolecular Hbond substituents is 1. The van der Waals surface area contributed by atoms with Crippen LogP contribution in [0.15, 0.2) is 18.2 Å². The van der Waals surface area contributed by atoms with Crippen molar-refractivity contribution >= 4 is 0 Å². The maximum absolute atomic E-state index is 10.6. The molecule has 0 aromatic heterocycles. The third-order valence-electron chi connectivity index (χ3n) is 5.53. The number of nitrogens with zero attached hydrogens (tertiary/aromatic N) is 1. The zero-order chi connectivity index (χ0) is 16.9. The summed E-state index contributed by atoms with van der Waals surface area (Å²) in [6.07, 6.45) is 8.82. The summed E-state index contributed by atoms with van der Waals surface area (Å²) in [6, 6.07) is 6.47. The molecule has 1 saturated heterocycles. The molecule has 0 saturated carbocycles. The number of likely N-dealkylation sites (N-methyl/N-ethyl adjacent to an activating group) is 1.